The molecule has 0 saturated carbocycles. The first kappa shape index (κ1) is 15.8. The summed E-state index contributed by atoms with van der Waals surface area (Å²) in [6.45, 7) is 2.94. The van der Waals surface area contributed by atoms with Gasteiger partial charge < -0.3 is 4.57 Å². The zero-order valence-electron chi connectivity index (χ0n) is 13.2. The molecule has 0 fully saturated rings. The lowest BCUT2D eigenvalue weighted by molar-refractivity contribution is 0.639. The van der Waals surface area contributed by atoms with Gasteiger partial charge in [0.25, 0.3) is 5.56 Å². The molecule has 0 aliphatic rings. The smallest absolute Gasteiger partial charge is 0.258 e. The van der Waals surface area contributed by atoms with Crippen LogP contribution in [-0.4, -0.2) is 14.0 Å². The minimum Gasteiger partial charge on any atom is -0.318 e. The Balaban J connectivity index is 1.75. The van der Waals surface area contributed by atoms with E-state index in [1.807, 2.05) is 24.5 Å². The minimum atomic E-state index is -0.0243. The van der Waals surface area contributed by atoms with Crippen molar-refractivity contribution in [2.24, 2.45) is 0 Å². The van der Waals surface area contributed by atoms with E-state index in [2.05, 4.69) is 28.6 Å². The number of aromatic nitrogens is 3. The zero-order chi connectivity index (χ0) is 16.2. The Hall–Kier alpha value is -2.07. The van der Waals surface area contributed by atoms with Gasteiger partial charge in [-0.1, -0.05) is 37.1 Å². The van der Waals surface area contributed by atoms with Crippen LogP contribution in [0.4, 0.5) is 0 Å². The van der Waals surface area contributed by atoms with Gasteiger partial charge in [0.1, 0.15) is 0 Å². The van der Waals surface area contributed by atoms with E-state index in [0.29, 0.717) is 0 Å². The van der Waals surface area contributed by atoms with Crippen molar-refractivity contribution < 1.29 is 0 Å². The van der Waals surface area contributed by atoms with Crippen LogP contribution in [0.5, 0.6) is 0 Å². The number of fused-ring (bicyclic) bond motifs is 1. The van der Waals surface area contributed by atoms with Gasteiger partial charge in [-0.25, -0.2) is 4.98 Å². The van der Waals surface area contributed by atoms with Gasteiger partial charge in [-0.2, -0.15) is 0 Å². The molecular weight excluding hydrogens is 310 g/mol. The Morgan fingerprint density at radius 3 is 2.65 bits per heavy atom. The van der Waals surface area contributed by atoms with E-state index in [-0.39, 0.29) is 5.56 Å². The van der Waals surface area contributed by atoms with Gasteiger partial charge in [0, 0.05) is 30.0 Å². The SMILES string of the molecule is CCCc1cn2c(=O)ccn(CCCc3ccc(Cl)cc3)c2n1. The molecule has 0 aliphatic carbocycles. The van der Waals surface area contributed by atoms with E-state index in [0.717, 1.165) is 48.7 Å². The molecule has 0 amide bonds. The first-order chi connectivity index (χ1) is 11.2. The van der Waals surface area contributed by atoms with Crippen LogP contribution in [0.1, 0.15) is 31.0 Å². The summed E-state index contributed by atoms with van der Waals surface area (Å²) in [4.78, 5) is 16.6. The Morgan fingerprint density at radius 1 is 1.13 bits per heavy atom. The summed E-state index contributed by atoms with van der Waals surface area (Å²) >= 11 is 5.91. The van der Waals surface area contributed by atoms with Gasteiger partial charge in [-0.05, 0) is 37.0 Å². The van der Waals surface area contributed by atoms with E-state index in [4.69, 9.17) is 11.6 Å². The quantitative estimate of drug-likeness (QED) is 0.691. The first-order valence-corrected chi connectivity index (χ1v) is 8.37. The normalized spacial score (nSPS) is 11.2. The molecule has 0 atom stereocenters. The van der Waals surface area contributed by atoms with Crippen LogP contribution < -0.4 is 5.56 Å². The second-order valence-electron chi connectivity index (χ2n) is 5.73. The molecule has 0 bridgehead atoms. The predicted octanol–water partition coefficient (Wildman–Crippen LogP) is 3.73. The number of aryl methyl sites for hydroxylation is 3. The fourth-order valence-electron chi connectivity index (χ4n) is 2.74. The molecule has 3 aromatic rings. The fraction of sp³-hybridized carbons (Fsp3) is 0.333. The average Bonchev–Trinajstić information content (AvgIpc) is 2.97. The van der Waals surface area contributed by atoms with Crippen molar-refractivity contribution in [2.75, 3.05) is 0 Å². The van der Waals surface area contributed by atoms with Crippen LogP contribution in [0.2, 0.25) is 5.02 Å². The third-order valence-corrected chi connectivity index (χ3v) is 4.16. The molecule has 23 heavy (non-hydrogen) atoms. The molecule has 0 unspecified atom stereocenters. The monoisotopic (exact) mass is 329 g/mol. The van der Waals surface area contributed by atoms with Gasteiger partial charge in [0.05, 0.1) is 5.69 Å². The average molecular weight is 330 g/mol. The number of hydrogen-bond donors (Lipinski definition) is 0. The van der Waals surface area contributed by atoms with E-state index in [1.165, 1.54) is 5.56 Å². The summed E-state index contributed by atoms with van der Waals surface area (Å²) < 4.78 is 3.70. The van der Waals surface area contributed by atoms with E-state index < -0.39 is 0 Å². The van der Waals surface area contributed by atoms with Gasteiger partial charge in [-0.3, -0.25) is 9.20 Å². The molecule has 4 nitrogen and oxygen atoms in total. The second-order valence-corrected chi connectivity index (χ2v) is 6.17. The third kappa shape index (κ3) is 3.64. The van der Waals surface area contributed by atoms with Crippen molar-refractivity contribution in [2.45, 2.75) is 39.2 Å². The lowest BCUT2D eigenvalue weighted by Gasteiger charge is -2.08. The highest BCUT2D eigenvalue weighted by molar-refractivity contribution is 6.30. The fourth-order valence-corrected chi connectivity index (χ4v) is 2.87. The predicted molar refractivity (Wildman–Crippen MR) is 93.2 cm³/mol. The molecule has 2 heterocycles. The third-order valence-electron chi connectivity index (χ3n) is 3.91. The maximum absolute atomic E-state index is 12.0. The zero-order valence-corrected chi connectivity index (χ0v) is 14.0. The van der Waals surface area contributed by atoms with Crippen molar-refractivity contribution in [3.05, 3.63) is 69.4 Å². The molecule has 0 N–H and O–H groups in total. The lowest BCUT2D eigenvalue weighted by atomic mass is 10.1. The van der Waals surface area contributed by atoms with Crippen LogP contribution in [0, 0.1) is 0 Å². The van der Waals surface area contributed by atoms with E-state index in [1.54, 1.807) is 10.5 Å². The van der Waals surface area contributed by atoms with Crippen molar-refractivity contribution in [1.82, 2.24) is 14.0 Å². The van der Waals surface area contributed by atoms with Crippen molar-refractivity contribution in [1.29, 1.82) is 0 Å². The van der Waals surface area contributed by atoms with Crippen LogP contribution in [0.3, 0.4) is 0 Å². The number of nitrogens with zero attached hydrogens (tertiary/aromatic N) is 3. The molecule has 3 rings (SSSR count). The Morgan fingerprint density at radius 2 is 1.91 bits per heavy atom. The van der Waals surface area contributed by atoms with Crippen LogP contribution in [0.15, 0.2) is 47.5 Å². The van der Waals surface area contributed by atoms with Gasteiger partial charge in [0.2, 0.25) is 5.78 Å². The highest BCUT2D eigenvalue weighted by Crippen LogP contribution is 2.12. The molecule has 0 saturated heterocycles. The summed E-state index contributed by atoms with van der Waals surface area (Å²) in [7, 11) is 0. The highest BCUT2D eigenvalue weighted by atomic mass is 35.5. The standard InChI is InChI=1S/C18H20ClN3O/c1-2-4-16-13-22-17(23)10-12-21(18(22)20-16)11-3-5-14-6-8-15(19)9-7-14/h6-10,12-13H,2-5,11H2,1H3. The van der Waals surface area contributed by atoms with Crippen LogP contribution >= 0.6 is 11.6 Å². The summed E-state index contributed by atoms with van der Waals surface area (Å²) in [5.74, 6) is 0.733. The van der Waals surface area contributed by atoms with E-state index >= 15 is 0 Å². The lowest BCUT2D eigenvalue weighted by Crippen LogP contribution is -2.16. The summed E-state index contributed by atoms with van der Waals surface area (Å²) in [6, 6.07) is 9.54. The summed E-state index contributed by atoms with van der Waals surface area (Å²) in [5.41, 5.74) is 2.22. The summed E-state index contributed by atoms with van der Waals surface area (Å²) in [5, 5.41) is 0.761. The number of benzene rings is 1. The molecule has 5 heteroatoms. The topological polar surface area (TPSA) is 39.3 Å². The van der Waals surface area contributed by atoms with Crippen molar-refractivity contribution in [3.8, 4) is 0 Å². The van der Waals surface area contributed by atoms with Gasteiger partial charge in [0.15, 0.2) is 0 Å². The molecule has 0 radical (unpaired) electrons. The van der Waals surface area contributed by atoms with E-state index in [9.17, 15) is 4.79 Å². The molecule has 2 aromatic heterocycles. The summed E-state index contributed by atoms with van der Waals surface area (Å²) in [6.07, 6.45) is 7.56. The molecule has 0 aliphatic heterocycles. The minimum absolute atomic E-state index is 0.0243. The number of rotatable bonds is 6. The number of halogens is 1. The molecule has 1 aromatic carbocycles. The van der Waals surface area contributed by atoms with Gasteiger partial charge >= 0.3 is 0 Å². The maximum atomic E-state index is 12.0. The van der Waals surface area contributed by atoms with Crippen LogP contribution in [0.25, 0.3) is 5.78 Å². The molecule has 0 spiro atoms. The molecular formula is C18H20ClN3O. The largest absolute Gasteiger partial charge is 0.318 e. The maximum Gasteiger partial charge on any atom is 0.258 e. The van der Waals surface area contributed by atoms with Gasteiger partial charge in [-0.15, -0.1) is 0 Å². The Labute approximate surface area is 140 Å². The van der Waals surface area contributed by atoms with Crippen molar-refractivity contribution in [3.63, 3.8) is 0 Å². The van der Waals surface area contributed by atoms with Crippen molar-refractivity contribution >= 4 is 17.4 Å². The Bertz CT molecular complexity index is 849. The second kappa shape index (κ2) is 7.01. The number of hydrogen-bond acceptors (Lipinski definition) is 2. The van der Waals surface area contributed by atoms with Crippen LogP contribution in [-0.2, 0) is 19.4 Å². The Kier molecular flexibility index (Phi) is 4.82. The molecule has 120 valence electrons. The number of imidazole rings is 1. The first-order valence-electron chi connectivity index (χ1n) is 7.99. The highest BCUT2D eigenvalue weighted by Gasteiger charge is 2.07.